The number of rotatable bonds is 5. The van der Waals surface area contributed by atoms with E-state index in [1.807, 2.05) is 0 Å². The van der Waals surface area contributed by atoms with Crippen LogP contribution in [0.4, 0.5) is 13.2 Å². The van der Waals surface area contributed by atoms with Gasteiger partial charge in [0.1, 0.15) is 0 Å². The third kappa shape index (κ3) is 4.91. The molecule has 29 heavy (non-hydrogen) atoms. The number of hydrazine groups is 1. The number of H-pyrrole nitrogens is 1. The predicted molar refractivity (Wildman–Crippen MR) is 101 cm³/mol. The van der Waals surface area contributed by atoms with Crippen LogP contribution in [-0.4, -0.2) is 57.7 Å². The van der Waals surface area contributed by atoms with Crippen LogP contribution in [0.25, 0.3) is 0 Å². The Balaban J connectivity index is 1.23. The Bertz CT molecular complexity index is 809. The summed E-state index contributed by atoms with van der Waals surface area (Å²) in [6.07, 6.45) is 0.305. The van der Waals surface area contributed by atoms with Crippen molar-refractivity contribution >= 4 is 11.6 Å². The van der Waals surface area contributed by atoms with E-state index in [2.05, 4.69) is 25.4 Å². The molecule has 0 unspecified atom stereocenters. The number of alkyl halides is 3. The second-order valence-corrected chi connectivity index (χ2v) is 7.97. The zero-order valence-corrected chi connectivity index (χ0v) is 16.6. The number of hydrogen-bond donors (Lipinski definition) is 1. The Morgan fingerprint density at radius 1 is 1.14 bits per heavy atom. The molecule has 0 aliphatic carbocycles. The molecule has 1 N–H and O–H groups in total. The lowest BCUT2D eigenvalue weighted by Gasteiger charge is -2.37. The van der Waals surface area contributed by atoms with Crippen molar-refractivity contribution in [3.63, 3.8) is 0 Å². The Morgan fingerprint density at radius 2 is 1.90 bits per heavy atom. The monoisotopic (exact) mass is 429 g/mol. The summed E-state index contributed by atoms with van der Waals surface area (Å²) in [6, 6.07) is 3.40. The molecule has 4 rings (SSSR count). The smallest absolute Gasteiger partial charge is 0.373 e. The average molecular weight is 430 g/mol. The van der Waals surface area contributed by atoms with E-state index in [9.17, 15) is 13.2 Å². The van der Waals surface area contributed by atoms with Crippen molar-refractivity contribution < 1.29 is 17.9 Å². The van der Waals surface area contributed by atoms with E-state index < -0.39 is 11.7 Å². The van der Waals surface area contributed by atoms with Crippen molar-refractivity contribution in [2.45, 2.75) is 44.1 Å². The van der Waals surface area contributed by atoms with E-state index >= 15 is 0 Å². The van der Waals surface area contributed by atoms with Gasteiger partial charge >= 0.3 is 6.18 Å². The van der Waals surface area contributed by atoms with Gasteiger partial charge in [0.2, 0.25) is 0 Å². The van der Waals surface area contributed by atoms with Gasteiger partial charge in [-0.05, 0) is 37.0 Å². The summed E-state index contributed by atoms with van der Waals surface area (Å²) < 4.78 is 44.1. The van der Waals surface area contributed by atoms with Gasteiger partial charge in [0.15, 0.2) is 0 Å². The summed E-state index contributed by atoms with van der Waals surface area (Å²) in [5, 5.41) is 15.6. The van der Waals surface area contributed by atoms with Gasteiger partial charge in [-0.1, -0.05) is 17.7 Å². The first-order chi connectivity index (χ1) is 13.9. The zero-order chi connectivity index (χ0) is 20.4. The molecule has 0 spiro atoms. The van der Waals surface area contributed by atoms with Crippen molar-refractivity contribution in [3.8, 4) is 0 Å². The molecule has 0 bridgehead atoms. The number of aromatic nitrogens is 3. The predicted octanol–water partition coefficient (Wildman–Crippen LogP) is 3.86. The van der Waals surface area contributed by atoms with Gasteiger partial charge in [0.05, 0.1) is 30.2 Å². The third-order valence-electron chi connectivity index (χ3n) is 5.69. The fraction of sp³-hybridized carbons (Fsp3) is 0.579. The number of hydrogen-bond acceptors (Lipinski definition) is 5. The third-order valence-corrected chi connectivity index (χ3v) is 6.04. The summed E-state index contributed by atoms with van der Waals surface area (Å²) in [7, 11) is 0. The molecule has 2 saturated heterocycles. The van der Waals surface area contributed by atoms with Gasteiger partial charge in [-0.25, -0.2) is 10.0 Å². The second kappa shape index (κ2) is 8.59. The van der Waals surface area contributed by atoms with Crippen molar-refractivity contribution in [2.75, 3.05) is 26.2 Å². The van der Waals surface area contributed by atoms with Gasteiger partial charge in [-0.2, -0.15) is 28.6 Å². The fourth-order valence-electron chi connectivity index (χ4n) is 3.99. The number of nitrogens with one attached hydrogen (secondary N) is 1. The van der Waals surface area contributed by atoms with E-state index in [0.717, 1.165) is 63.3 Å². The molecular weight excluding hydrogens is 407 g/mol. The lowest BCUT2D eigenvalue weighted by molar-refractivity contribution is -0.137. The van der Waals surface area contributed by atoms with Crippen molar-refractivity contribution in [1.29, 1.82) is 0 Å². The fourth-order valence-corrected chi connectivity index (χ4v) is 4.22. The highest BCUT2D eigenvalue weighted by molar-refractivity contribution is 6.31. The summed E-state index contributed by atoms with van der Waals surface area (Å²) in [4.78, 5) is 0. The number of aromatic amines is 1. The number of halogens is 4. The SMILES string of the molecule is FC(F)(F)c1ccc(COC2CCN(N3CC[C@@H](c4cn[nH]n4)C3)CC2)c(Cl)c1. The minimum Gasteiger partial charge on any atom is -0.373 e. The molecule has 1 aromatic carbocycles. The molecule has 3 heterocycles. The Kier molecular flexibility index (Phi) is 6.10. The lowest BCUT2D eigenvalue weighted by Crippen LogP contribution is -2.47. The zero-order valence-electron chi connectivity index (χ0n) is 15.8. The van der Waals surface area contributed by atoms with Crippen molar-refractivity contribution in [1.82, 2.24) is 25.4 Å². The highest BCUT2D eigenvalue weighted by Crippen LogP contribution is 2.33. The van der Waals surface area contributed by atoms with Crippen LogP contribution in [0.3, 0.4) is 0 Å². The summed E-state index contributed by atoms with van der Waals surface area (Å²) >= 11 is 6.01. The molecule has 6 nitrogen and oxygen atoms in total. The number of nitrogens with zero attached hydrogens (tertiary/aromatic N) is 4. The van der Waals surface area contributed by atoms with Crippen molar-refractivity contribution in [3.05, 3.63) is 46.2 Å². The van der Waals surface area contributed by atoms with Crippen LogP contribution >= 0.6 is 11.6 Å². The van der Waals surface area contributed by atoms with Crippen LogP contribution in [0.5, 0.6) is 0 Å². The van der Waals surface area contributed by atoms with Gasteiger partial charge in [0.25, 0.3) is 0 Å². The number of ether oxygens (including phenoxy) is 1. The van der Waals surface area contributed by atoms with E-state index in [0.29, 0.717) is 11.5 Å². The maximum Gasteiger partial charge on any atom is 0.416 e. The first-order valence-electron chi connectivity index (χ1n) is 9.73. The molecule has 2 aromatic rings. The molecule has 0 radical (unpaired) electrons. The number of piperidine rings is 1. The maximum absolute atomic E-state index is 12.7. The Morgan fingerprint density at radius 3 is 2.55 bits per heavy atom. The highest BCUT2D eigenvalue weighted by atomic mass is 35.5. The van der Waals surface area contributed by atoms with E-state index in [1.54, 1.807) is 6.20 Å². The number of benzene rings is 1. The van der Waals surface area contributed by atoms with E-state index in [1.165, 1.54) is 6.07 Å². The van der Waals surface area contributed by atoms with Crippen LogP contribution in [0, 0.1) is 0 Å². The summed E-state index contributed by atoms with van der Waals surface area (Å²) in [5.74, 6) is 0.407. The molecule has 1 aromatic heterocycles. The van der Waals surface area contributed by atoms with Crippen LogP contribution in [0.2, 0.25) is 5.02 Å². The summed E-state index contributed by atoms with van der Waals surface area (Å²) in [6.45, 7) is 3.97. The topological polar surface area (TPSA) is 57.3 Å². The molecule has 2 aliphatic heterocycles. The maximum atomic E-state index is 12.7. The van der Waals surface area contributed by atoms with Gasteiger partial charge < -0.3 is 4.74 Å². The largest absolute Gasteiger partial charge is 0.416 e. The normalized spacial score (nSPS) is 22.4. The van der Waals surface area contributed by atoms with Gasteiger partial charge in [-0.3, -0.25) is 0 Å². The Labute approximate surface area is 171 Å². The lowest BCUT2D eigenvalue weighted by atomic mass is 10.1. The Hall–Kier alpha value is -1.68. The minimum atomic E-state index is -4.39. The first-order valence-corrected chi connectivity index (χ1v) is 10.1. The molecular formula is C19H23ClF3N5O. The minimum absolute atomic E-state index is 0.0820. The van der Waals surface area contributed by atoms with Crippen LogP contribution < -0.4 is 0 Å². The molecule has 0 amide bonds. The quantitative estimate of drug-likeness (QED) is 0.782. The van der Waals surface area contributed by atoms with Gasteiger partial charge in [0, 0.05) is 37.1 Å². The second-order valence-electron chi connectivity index (χ2n) is 7.56. The average Bonchev–Trinajstić information content (AvgIpc) is 3.38. The first kappa shape index (κ1) is 20.6. The highest BCUT2D eigenvalue weighted by Gasteiger charge is 2.32. The standard InChI is InChI=1S/C19H23ClF3N5O/c20-17-9-15(19(21,22)23)2-1-14(17)12-29-16-4-7-27(8-5-16)28-6-3-13(11-28)18-10-24-26-25-18/h1-2,9-10,13,16H,3-8,11-12H2,(H,24,25,26)/t13-/m1/s1. The van der Waals surface area contributed by atoms with Crippen LogP contribution in [0.15, 0.2) is 24.4 Å². The molecule has 2 fully saturated rings. The molecule has 158 valence electrons. The molecule has 2 aliphatic rings. The van der Waals surface area contributed by atoms with E-state index in [-0.39, 0.29) is 17.7 Å². The molecule has 10 heteroatoms. The van der Waals surface area contributed by atoms with Crippen LogP contribution in [-0.2, 0) is 17.5 Å². The summed E-state index contributed by atoms with van der Waals surface area (Å²) in [5.41, 5.74) is 0.852. The van der Waals surface area contributed by atoms with Crippen LogP contribution in [0.1, 0.15) is 42.0 Å². The van der Waals surface area contributed by atoms with Crippen molar-refractivity contribution in [2.24, 2.45) is 0 Å². The van der Waals surface area contributed by atoms with Gasteiger partial charge in [-0.15, -0.1) is 0 Å². The molecule has 1 atom stereocenters. The molecule has 0 saturated carbocycles. The van der Waals surface area contributed by atoms with E-state index in [4.69, 9.17) is 16.3 Å².